The molecule has 0 heterocycles. The van der Waals surface area contributed by atoms with Crippen LogP contribution in [0.1, 0.15) is 0 Å². The Kier molecular flexibility index (Phi) is 4.57. The molecular weight excluding hydrogens is 304 g/mol. The van der Waals surface area contributed by atoms with Crippen LogP contribution in [0.2, 0.25) is 0 Å². The molecule has 118 valence electrons. The van der Waals surface area contributed by atoms with Gasteiger partial charge in [0.15, 0.2) is 0 Å². The molecule has 3 rings (SSSR count). The summed E-state index contributed by atoms with van der Waals surface area (Å²) in [5.41, 5.74) is 4.40. The highest BCUT2D eigenvalue weighted by atomic mass is 16.3. The first kappa shape index (κ1) is 15.4. The van der Waals surface area contributed by atoms with E-state index >= 15 is 0 Å². The molecule has 0 saturated carbocycles. The fourth-order valence-corrected chi connectivity index (χ4v) is 2.18. The third-order valence-electron chi connectivity index (χ3n) is 3.41. The van der Waals surface area contributed by atoms with Crippen LogP contribution in [0.3, 0.4) is 0 Å². The second-order valence-electron chi connectivity index (χ2n) is 5.10. The highest BCUT2D eigenvalue weighted by molar-refractivity contribution is 5.67. The van der Waals surface area contributed by atoms with E-state index in [1.165, 1.54) is 0 Å². The lowest BCUT2D eigenvalue weighted by atomic mass is 10.2. The number of benzene rings is 3. The molecule has 0 unspecified atom stereocenters. The van der Waals surface area contributed by atoms with Crippen molar-refractivity contribution in [1.29, 1.82) is 0 Å². The van der Waals surface area contributed by atoms with E-state index < -0.39 is 0 Å². The average Bonchev–Trinajstić information content (AvgIpc) is 2.65. The van der Waals surface area contributed by atoms with Gasteiger partial charge in [0.05, 0.1) is 0 Å². The van der Waals surface area contributed by atoms with Gasteiger partial charge in [0.25, 0.3) is 0 Å². The Morgan fingerprint density at radius 2 is 0.708 bits per heavy atom. The molecule has 0 radical (unpaired) electrons. The molecule has 2 N–H and O–H groups in total. The molecule has 0 aliphatic carbocycles. The maximum atomic E-state index is 10.4. The van der Waals surface area contributed by atoms with E-state index in [0.717, 1.165) is 22.7 Å². The molecule has 0 amide bonds. The molecule has 3 aromatic rings. The standard InChI is InChI=1S/C18H14N4O2/c23-21-17-9-5-15(6-10-17)19-13-1-2-14(4-3-13)20-16-7-11-18(22-24)12-8-16/h1-12,19-20H. The van der Waals surface area contributed by atoms with Gasteiger partial charge >= 0.3 is 0 Å². The largest absolute Gasteiger partial charge is 0.356 e. The predicted molar refractivity (Wildman–Crippen MR) is 96.8 cm³/mol. The van der Waals surface area contributed by atoms with Gasteiger partial charge in [-0.2, -0.15) is 0 Å². The Morgan fingerprint density at radius 1 is 0.458 bits per heavy atom. The van der Waals surface area contributed by atoms with Crippen LogP contribution in [-0.4, -0.2) is 0 Å². The van der Waals surface area contributed by atoms with E-state index in [2.05, 4.69) is 21.0 Å². The van der Waals surface area contributed by atoms with Crippen molar-refractivity contribution in [2.45, 2.75) is 0 Å². The summed E-state index contributed by atoms with van der Waals surface area (Å²) >= 11 is 0. The van der Waals surface area contributed by atoms with E-state index in [-0.39, 0.29) is 0 Å². The van der Waals surface area contributed by atoms with E-state index in [9.17, 15) is 9.81 Å². The van der Waals surface area contributed by atoms with Crippen LogP contribution in [-0.2, 0) is 0 Å². The Labute approximate surface area is 138 Å². The Hall–Kier alpha value is -3.54. The number of nitroso groups, excluding NO2 is 2. The first-order valence-electron chi connectivity index (χ1n) is 7.28. The van der Waals surface area contributed by atoms with Gasteiger partial charge in [0.2, 0.25) is 0 Å². The monoisotopic (exact) mass is 318 g/mol. The normalized spacial score (nSPS) is 10.0. The van der Waals surface area contributed by atoms with Crippen molar-refractivity contribution < 1.29 is 0 Å². The van der Waals surface area contributed by atoms with E-state index in [1.54, 1.807) is 48.5 Å². The molecular formula is C18H14N4O2. The molecule has 3 aromatic carbocycles. The number of nitrogens with one attached hydrogen (secondary N) is 2. The molecule has 0 aliphatic heterocycles. The lowest BCUT2D eigenvalue weighted by Crippen LogP contribution is -1.92. The number of hydrogen-bond acceptors (Lipinski definition) is 6. The minimum Gasteiger partial charge on any atom is -0.356 e. The fraction of sp³-hybridized carbons (Fsp3) is 0. The second-order valence-corrected chi connectivity index (χ2v) is 5.10. The molecule has 0 atom stereocenters. The zero-order chi connectivity index (χ0) is 16.8. The quantitative estimate of drug-likeness (QED) is 0.548. The summed E-state index contributed by atoms with van der Waals surface area (Å²) in [6, 6.07) is 21.6. The highest BCUT2D eigenvalue weighted by Crippen LogP contribution is 2.24. The minimum absolute atomic E-state index is 0.399. The summed E-state index contributed by atoms with van der Waals surface area (Å²) in [5.74, 6) is 0. The van der Waals surface area contributed by atoms with Crippen LogP contribution >= 0.6 is 0 Å². The third-order valence-corrected chi connectivity index (χ3v) is 3.41. The van der Waals surface area contributed by atoms with Crippen molar-refractivity contribution in [3.05, 3.63) is 82.6 Å². The Balaban J connectivity index is 1.65. The summed E-state index contributed by atoms with van der Waals surface area (Å²) in [4.78, 5) is 20.8. The summed E-state index contributed by atoms with van der Waals surface area (Å²) in [5, 5.41) is 12.2. The van der Waals surface area contributed by atoms with Crippen molar-refractivity contribution in [2.75, 3.05) is 10.6 Å². The summed E-state index contributed by atoms with van der Waals surface area (Å²) in [7, 11) is 0. The SMILES string of the molecule is O=Nc1ccc(Nc2ccc(Nc3ccc(N=O)cc3)cc2)cc1. The fourth-order valence-electron chi connectivity index (χ4n) is 2.18. The molecule has 0 spiro atoms. The molecule has 6 nitrogen and oxygen atoms in total. The Morgan fingerprint density at radius 3 is 0.958 bits per heavy atom. The lowest BCUT2D eigenvalue weighted by Gasteiger charge is -2.09. The van der Waals surface area contributed by atoms with Gasteiger partial charge in [-0.1, -0.05) is 0 Å². The predicted octanol–water partition coefficient (Wildman–Crippen LogP) is 5.97. The van der Waals surface area contributed by atoms with E-state index in [0.29, 0.717) is 11.4 Å². The lowest BCUT2D eigenvalue weighted by molar-refractivity contribution is 1.47. The van der Waals surface area contributed by atoms with Crippen LogP contribution in [0, 0.1) is 9.81 Å². The van der Waals surface area contributed by atoms with Crippen molar-refractivity contribution in [2.24, 2.45) is 10.4 Å². The van der Waals surface area contributed by atoms with Crippen LogP contribution in [0.4, 0.5) is 34.1 Å². The number of rotatable bonds is 6. The molecule has 0 aliphatic rings. The van der Waals surface area contributed by atoms with Gasteiger partial charge in [-0.15, -0.1) is 9.81 Å². The smallest absolute Gasteiger partial charge is 0.108 e. The van der Waals surface area contributed by atoms with Gasteiger partial charge in [-0.05, 0) is 83.2 Å². The maximum absolute atomic E-state index is 10.4. The number of anilines is 4. The summed E-state index contributed by atoms with van der Waals surface area (Å²) < 4.78 is 0. The minimum atomic E-state index is 0.399. The van der Waals surface area contributed by atoms with Gasteiger partial charge in [-0.3, -0.25) is 0 Å². The van der Waals surface area contributed by atoms with Gasteiger partial charge in [0, 0.05) is 22.7 Å². The number of nitrogens with zero attached hydrogens (tertiary/aromatic N) is 2. The van der Waals surface area contributed by atoms with Gasteiger partial charge < -0.3 is 10.6 Å². The van der Waals surface area contributed by atoms with E-state index in [1.807, 2.05) is 24.3 Å². The van der Waals surface area contributed by atoms with E-state index in [4.69, 9.17) is 0 Å². The first-order valence-corrected chi connectivity index (χ1v) is 7.28. The van der Waals surface area contributed by atoms with Crippen molar-refractivity contribution in [3.8, 4) is 0 Å². The highest BCUT2D eigenvalue weighted by Gasteiger charge is 1.99. The summed E-state index contributed by atoms with van der Waals surface area (Å²) in [6.07, 6.45) is 0. The molecule has 0 fully saturated rings. The molecule has 0 aromatic heterocycles. The first-order chi connectivity index (χ1) is 11.8. The molecule has 0 bridgehead atoms. The molecule has 0 saturated heterocycles. The van der Waals surface area contributed by atoms with Crippen molar-refractivity contribution >= 4 is 34.1 Å². The van der Waals surface area contributed by atoms with Crippen LogP contribution in [0.15, 0.2) is 83.2 Å². The van der Waals surface area contributed by atoms with Crippen LogP contribution in [0.25, 0.3) is 0 Å². The Bertz CT molecular complexity index is 756. The topological polar surface area (TPSA) is 82.9 Å². The zero-order valence-corrected chi connectivity index (χ0v) is 12.6. The van der Waals surface area contributed by atoms with Crippen molar-refractivity contribution in [1.82, 2.24) is 0 Å². The van der Waals surface area contributed by atoms with Gasteiger partial charge in [0.1, 0.15) is 11.4 Å². The average molecular weight is 318 g/mol. The molecule has 24 heavy (non-hydrogen) atoms. The van der Waals surface area contributed by atoms with Gasteiger partial charge in [-0.25, -0.2) is 0 Å². The maximum Gasteiger partial charge on any atom is 0.108 e. The van der Waals surface area contributed by atoms with Crippen molar-refractivity contribution in [3.63, 3.8) is 0 Å². The second kappa shape index (κ2) is 7.15. The molecule has 6 heteroatoms. The van der Waals surface area contributed by atoms with Crippen LogP contribution < -0.4 is 10.6 Å². The third kappa shape index (κ3) is 3.80. The van der Waals surface area contributed by atoms with Crippen LogP contribution in [0.5, 0.6) is 0 Å². The summed E-state index contributed by atoms with van der Waals surface area (Å²) in [6.45, 7) is 0. The zero-order valence-electron chi connectivity index (χ0n) is 12.6. The number of hydrogen-bond donors (Lipinski definition) is 2.